The van der Waals surface area contributed by atoms with E-state index in [9.17, 15) is 31.5 Å². The van der Waals surface area contributed by atoms with E-state index in [4.69, 9.17) is 0 Å². The number of rotatable bonds is 4. The topological polar surface area (TPSA) is 89.5 Å². The van der Waals surface area contributed by atoms with Crippen LogP contribution in [0.1, 0.15) is 24.0 Å². The van der Waals surface area contributed by atoms with Crippen LogP contribution in [0, 0.1) is 6.92 Å². The molecule has 6 nitrogen and oxygen atoms in total. The number of amides is 1. The molecule has 1 N–H and O–H groups in total. The third kappa shape index (κ3) is 4.76. The van der Waals surface area contributed by atoms with Crippen LogP contribution in [-0.2, 0) is 16.2 Å². The lowest BCUT2D eigenvalue weighted by Crippen LogP contribution is -2.50. The van der Waals surface area contributed by atoms with Crippen molar-refractivity contribution in [1.29, 1.82) is 0 Å². The SMILES string of the molecule is Cc1ccccc1-c1ccc(S(=O)(=O)NC2CCN(C(=O)[O-])CC2)c(C(F)(F)F)c1. The number of alkyl halides is 3. The maximum Gasteiger partial charge on any atom is 0.417 e. The molecule has 0 aromatic heterocycles. The number of sulfonamides is 1. The fourth-order valence-electron chi connectivity index (χ4n) is 3.51. The number of carbonyl (C=O) groups is 1. The van der Waals surface area contributed by atoms with Gasteiger partial charge in [0.1, 0.15) is 6.09 Å². The first kappa shape index (κ1) is 22.1. The van der Waals surface area contributed by atoms with Gasteiger partial charge in [0.25, 0.3) is 0 Å². The van der Waals surface area contributed by atoms with Crippen LogP contribution in [0.15, 0.2) is 47.4 Å². The molecular weight excluding hydrogens is 421 g/mol. The molecule has 0 spiro atoms. The predicted octanol–water partition coefficient (Wildman–Crippen LogP) is 2.77. The number of hydrogen-bond acceptors (Lipinski definition) is 4. The van der Waals surface area contributed by atoms with Crippen molar-refractivity contribution in [3.05, 3.63) is 53.6 Å². The molecule has 1 heterocycles. The Morgan fingerprint density at radius 1 is 1.13 bits per heavy atom. The van der Waals surface area contributed by atoms with Crippen molar-refractivity contribution in [3.63, 3.8) is 0 Å². The molecule has 0 radical (unpaired) electrons. The third-order valence-electron chi connectivity index (χ3n) is 5.11. The maximum atomic E-state index is 13.7. The number of benzene rings is 2. The van der Waals surface area contributed by atoms with Crippen molar-refractivity contribution >= 4 is 16.1 Å². The number of nitrogens with zero attached hydrogens (tertiary/aromatic N) is 1. The number of carboxylic acid groups (broad SMARTS) is 1. The van der Waals surface area contributed by atoms with Crippen molar-refractivity contribution in [1.82, 2.24) is 9.62 Å². The highest BCUT2D eigenvalue weighted by molar-refractivity contribution is 7.89. The van der Waals surface area contributed by atoms with Crippen molar-refractivity contribution in [3.8, 4) is 11.1 Å². The van der Waals surface area contributed by atoms with E-state index < -0.39 is 38.8 Å². The molecule has 1 fully saturated rings. The quantitative estimate of drug-likeness (QED) is 0.790. The highest BCUT2D eigenvalue weighted by Crippen LogP contribution is 2.37. The van der Waals surface area contributed by atoms with Crippen LogP contribution in [0.3, 0.4) is 0 Å². The van der Waals surface area contributed by atoms with E-state index in [1.807, 2.05) is 0 Å². The summed E-state index contributed by atoms with van der Waals surface area (Å²) in [5.41, 5.74) is 0.359. The second kappa shape index (κ2) is 8.27. The van der Waals surface area contributed by atoms with Gasteiger partial charge in [0.2, 0.25) is 10.0 Å². The van der Waals surface area contributed by atoms with E-state index in [-0.39, 0.29) is 31.5 Å². The van der Waals surface area contributed by atoms with Gasteiger partial charge >= 0.3 is 6.18 Å². The van der Waals surface area contributed by atoms with E-state index in [1.165, 1.54) is 6.07 Å². The highest BCUT2D eigenvalue weighted by Gasteiger charge is 2.38. The molecule has 0 atom stereocenters. The maximum absolute atomic E-state index is 13.7. The van der Waals surface area contributed by atoms with Gasteiger partial charge in [-0.05, 0) is 48.6 Å². The lowest BCUT2D eigenvalue weighted by atomic mass is 9.99. The molecule has 30 heavy (non-hydrogen) atoms. The zero-order valence-electron chi connectivity index (χ0n) is 16.1. The summed E-state index contributed by atoms with van der Waals surface area (Å²) >= 11 is 0. The number of aryl methyl sites for hydroxylation is 1. The molecular formula is C20H20F3N2O4S-. The van der Waals surface area contributed by atoms with Gasteiger partial charge in [-0.2, -0.15) is 13.2 Å². The normalized spacial score (nSPS) is 15.9. The van der Waals surface area contributed by atoms with Crippen LogP contribution in [0.4, 0.5) is 18.0 Å². The monoisotopic (exact) mass is 441 g/mol. The largest absolute Gasteiger partial charge is 0.530 e. The van der Waals surface area contributed by atoms with Gasteiger partial charge in [-0.1, -0.05) is 30.3 Å². The predicted molar refractivity (Wildman–Crippen MR) is 102 cm³/mol. The second-order valence-corrected chi connectivity index (χ2v) is 8.85. The van der Waals surface area contributed by atoms with Crippen molar-refractivity contribution in [2.24, 2.45) is 0 Å². The van der Waals surface area contributed by atoms with Gasteiger partial charge in [0.15, 0.2) is 0 Å². The Hall–Kier alpha value is -2.59. The number of nitrogens with one attached hydrogen (secondary N) is 1. The Morgan fingerprint density at radius 3 is 2.33 bits per heavy atom. The number of carbonyl (C=O) groups excluding carboxylic acids is 1. The van der Waals surface area contributed by atoms with Crippen LogP contribution in [0.2, 0.25) is 0 Å². The summed E-state index contributed by atoms with van der Waals surface area (Å²) in [6.45, 7) is 1.86. The standard InChI is InChI=1S/C20H21F3N2O4S/c1-13-4-2-3-5-16(13)14-6-7-18(17(12-14)20(21,22)23)30(28,29)24-15-8-10-25(11-9-15)19(26)27/h2-7,12,15,24H,8-11H2,1H3,(H,26,27)/p-1. The lowest BCUT2D eigenvalue weighted by Gasteiger charge is -2.33. The fraction of sp³-hybridized carbons (Fsp3) is 0.350. The summed E-state index contributed by atoms with van der Waals surface area (Å²) in [6, 6.07) is 9.38. The van der Waals surface area contributed by atoms with Crippen LogP contribution in [0.25, 0.3) is 11.1 Å². The van der Waals surface area contributed by atoms with Crippen LogP contribution in [0.5, 0.6) is 0 Å². The molecule has 2 aromatic carbocycles. The van der Waals surface area contributed by atoms with Crippen molar-refractivity contribution in [2.45, 2.75) is 36.9 Å². The fourth-order valence-corrected chi connectivity index (χ4v) is 5.03. The van der Waals surface area contributed by atoms with Gasteiger partial charge < -0.3 is 14.8 Å². The molecule has 0 unspecified atom stereocenters. The van der Waals surface area contributed by atoms with Crippen molar-refractivity contribution in [2.75, 3.05) is 13.1 Å². The Balaban J connectivity index is 1.92. The van der Waals surface area contributed by atoms with Gasteiger partial charge in [-0.3, -0.25) is 0 Å². The summed E-state index contributed by atoms with van der Waals surface area (Å²) < 4.78 is 68.9. The molecule has 0 saturated carbocycles. The molecule has 1 amide bonds. The zero-order chi connectivity index (χ0) is 22.1. The first-order chi connectivity index (χ1) is 14.0. The average molecular weight is 441 g/mol. The van der Waals surface area contributed by atoms with Crippen LogP contribution in [-0.4, -0.2) is 38.5 Å². The van der Waals surface area contributed by atoms with E-state index in [1.54, 1.807) is 31.2 Å². The smallest absolute Gasteiger partial charge is 0.417 e. The van der Waals surface area contributed by atoms with Crippen LogP contribution < -0.4 is 9.83 Å². The first-order valence-corrected chi connectivity index (χ1v) is 10.7. The molecule has 0 aliphatic carbocycles. The van der Waals surface area contributed by atoms with Gasteiger partial charge in [-0.15, -0.1) is 0 Å². The lowest BCUT2D eigenvalue weighted by molar-refractivity contribution is -0.266. The number of piperidine rings is 1. The van der Waals surface area contributed by atoms with E-state index in [2.05, 4.69) is 4.72 Å². The van der Waals surface area contributed by atoms with Crippen molar-refractivity contribution < 1.29 is 31.5 Å². The number of halogens is 3. The van der Waals surface area contributed by atoms with E-state index >= 15 is 0 Å². The van der Waals surface area contributed by atoms with Gasteiger partial charge in [-0.25, -0.2) is 13.1 Å². The minimum atomic E-state index is -4.87. The summed E-state index contributed by atoms with van der Waals surface area (Å²) in [4.78, 5) is 11.0. The average Bonchev–Trinajstić information content (AvgIpc) is 2.67. The molecule has 1 saturated heterocycles. The highest BCUT2D eigenvalue weighted by atomic mass is 32.2. The Morgan fingerprint density at radius 2 is 1.77 bits per heavy atom. The van der Waals surface area contributed by atoms with E-state index in [0.717, 1.165) is 22.6 Å². The molecule has 3 rings (SSSR count). The third-order valence-corrected chi connectivity index (χ3v) is 6.68. The van der Waals surface area contributed by atoms with Crippen LogP contribution >= 0.6 is 0 Å². The molecule has 2 aromatic rings. The molecule has 0 bridgehead atoms. The minimum Gasteiger partial charge on any atom is -0.530 e. The van der Waals surface area contributed by atoms with Gasteiger partial charge in [0, 0.05) is 19.1 Å². The molecule has 10 heteroatoms. The minimum absolute atomic E-state index is 0.0495. The van der Waals surface area contributed by atoms with Gasteiger partial charge in [0.05, 0.1) is 10.5 Å². The number of hydrogen-bond donors (Lipinski definition) is 1. The Labute approximate surface area is 172 Å². The number of likely N-dealkylation sites (tertiary alicyclic amines) is 1. The summed E-state index contributed by atoms with van der Waals surface area (Å²) in [7, 11) is -4.47. The summed E-state index contributed by atoms with van der Waals surface area (Å²) in [5, 5.41) is 10.8. The van der Waals surface area contributed by atoms with E-state index in [0.29, 0.717) is 5.56 Å². The second-order valence-electron chi connectivity index (χ2n) is 7.17. The Bertz CT molecular complexity index is 1050. The summed E-state index contributed by atoms with van der Waals surface area (Å²) in [6.07, 6.45) is -5.94. The molecule has 1 aliphatic heterocycles. The first-order valence-electron chi connectivity index (χ1n) is 9.24. The molecule has 162 valence electrons. The Kier molecular flexibility index (Phi) is 6.09. The summed E-state index contributed by atoms with van der Waals surface area (Å²) in [5.74, 6) is 0. The molecule has 1 aliphatic rings. The zero-order valence-corrected chi connectivity index (χ0v) is 16.9.